The maximum Gasteiger partial charge on any atom is 0.243 e. The molecule has 160 valence electrons. The molecule has 0 aliphatic rings. The number of sulfonamides is 1. The number of benzene rings is 2. The number of rotatable bonds is 10. The number of ether oxygens (including phenoxy) is 1. The van der Waals surface area contributed by atoms with Crippen molar-refractivity contribution in [3.63, 3.8) is 0 Å². The average Bonchev–Trinajstić information content (AvgIpc) is 3.21. The molecular formula is C19H22N4O4S3. The van der Waals surface area contributed by atoms with Gasteiger partial charge in [0.05, 0.1) is 18.3 Å². The second-order valence-electron chi connectivity index (χ2n) is 6.29. The molecule has 0 unspecified atom stereocenters. The zero-order valence-corrected chi connectivity index (χ0v) is 18.9. The van der Waals surface area contributed by atoms with Crippen LogP contribution < -0.4 is 14.8 Å². The fourth-order valence-corrected chi connectivity index (χ4v) is 5.23. The van der Waals surface area contributed by atoms with Crippen LogP contribution in [0.5, 0.6) is 5.75 Å². The predicted molar refractivity (Wildman–Crippen MR) is 121 cm³/mol. The van der Waals surface area contributed by atoms with Gasteiger partial charge in [-0.3, -0.25) is 4.79 Å². The molecule has 3 rings (SSSR count). The number of fused-ring (bicyclic) bond motifs is 1. The number of thioether (sulfide) groups is 1. The third kappa shape index (κ3) is 5.48. The molecule has 8 nitrogen and oxygen atoms in total. The standard InChI is InChI=1S/C19H22N4O4S3/c1-3-27-14-9-7-13(8-10-14)20-19(24)16(11-12-28-2)23-30(25,26)17-6-4-5-15-18(17)22-29-21-15/h4-10,16,23H,3,11-12H2,1-2H3,(H,20,24)/t16-/m1/s1. The Balaban J connectivity index is 1.79. The topological polar surface area (TPSA) is 110 Å². The van der Waals surface area contributed by atoms with Crippen LogP contribution in [0.25, 0.3) is 11.0 Å². The molecule has 0 fully saturated rings. The lowest BCUT2D eigenvalue weighted by Crippen LogP contribution is -2.44. The molecule has 2 N–H and O–H groups in total. The lowest BCUT2D eigenvalue weighted by molar-refractivity contribution is -0.117. The molecule has 1 atom stereocenters. The van der Waals surface area contributed by atoms with Crippen molar-refractivity contribution in [2.24, 2.45) is 0 Å². The minimum Gasteiger partial charge on any atom is -0.494 e. The van der Waals surface area contributed by atoms with Gasteiger partial charge in [-0.05, 0) is 61.8 Å². The van der Waals surface area contributed by atoms with Crippen LogP contribution in [0.4, 0.5) is 5.69 Å². The van der Waals surface area contributed by atoms with Gasteiger partial charge in [-0.1, -0.05) is 6.07 Å². The highest BCUT2D eigenvalue weighted by atomic mass is 32.2. The highest BCUT2D eigenvalue weighted by Crippen LogP contribution is 2.22. The summed E-state index contributed by atoms with van der Waals surface area (Å²) in [7, 11) is -3.97. The monoisotopic (exact) mass is 466 g/mol. The third-order valence-corrected chi connectivity index (χ3v) is 6.89. The van der Waals surface area contributed by atoms with Crippen LogP contribution >= 0.6 is 23.5 Å². The van der Waals surface area contributed by atoms with Gasteiger partial charge >= 0.3 is 0 Å². The minimum absolute atomic E-state index is 0.0109. The molecule has 2 aromatic carbocycles. The number of carbonyl (C=O) groups is 1. The Bertz CT molecular complexity index is 1100. The van der Waals surface area contributed by atoms with E-state index in [1.165, 1.54) is 17.8 Å². The van der Waals surface area contributed by atoms with Crippen molar-refractivity contribution in [2.75, 3.05) is 23.9 Å². The average molecular weight is 467 g/mol. The Morgan fingerprint density at radius 1 is 1.20 bits per heavy atom. The first-order valence-electron chi connectivity index (χ1n) is 9.21. The molecule has 30 heavy (non-hydrogen) atoms. The summed E-state index contributed by atoms with van der Waals surface area (Å²) in [5.74, 6) is 0.882. The molecular weight excluding hydrogens is 444 g/mol. The van der Waals surface area contributed by atoms with Gasteiger partial charge in [0.2, 0.25) is 15.9 Å². The summed E-state index contributed by atoms with van der Waals surface area (Å²) in [6.07, 6.45) is 2.24. The van der Waals surface area contributed by atoms with Gasteiger partial charge in [-0.15, -0.1) is 0 Å². The molecule has 0 bridgehead atoms. The molecule has 11 heteroatoms. The van der Waals surface area contributed by atoms with Gasteiger partial charge < -0.3 is 10.1 Å². The van der Waals surface area contributed by atoms with E-state index in [2.05, 4.69) is 18.8 Å². The smallest absolute Gasteiger partial charge is 0.243 e. The zero-order valence-electron chi connectivity index (χ0n) is 16.5. The number of aromatic nitrogens is 2. The van der Waals surface area contributed by atoms with Crippen molar-refractivity contribution in [1.29, 1.82) is 0 Å². The van der Waals surface area contributed by atoms with E-state index in [0.29, 0.717) is 41.3 Å². The second-order valence-corrected chi connectivity index (χ2v) is 9.49. The number of nitrogens with zero attached hydrogens (tertiary/aromatic N) is 2. The molecule has 0 saturated carbocycles. The highest BCUT2D eigenvalue weighted by Gasteiger charge is 2.27. The number of carbonyl (C=O) groups excluding carboxylic acids is 1. The first-order chi connectivity index (χ1) is 14.4. The highest BCUT2D eigenvalue weighted by molar-refractivity contribution is 7.98. The Hall–Kier alpha value is -2.21. The van der Waals surface area contributed by atoms with Crippen LogP contribution in [0.15, 0.2) is 47.4 Å². The summed E-state index contributed by atoms with van der Waals surface area (Å²) in [5.41, 5.74) is 1.36. The van der Waals surface area contributed by atoms with Crippen molar-refractivity contribution in [2.45, 2.75) is 24.3 Å². The van der Waals surface area contributed by atoms with Crippen molar-refractivity contribution >= 4 is 56.1 Å². The number of nitrogens with one attached hydrogen (secondary N) is 2. The normalized spacial score (nSPS) is 12.6. The van der Waals surface area contributed by atoms with E-state index in [1.54, 1.807) is 36.4 Å². The fourth-order valence-electron chi connectivity index (χ4n) is 2.76. The van der Waals surface area contributed by atoms with E-state index in [1.807, 2.05) is 13.2 Å². The van der Waals surface area contributed by atoms with E-state index in [-0.39, 0.29) is 4.90 Å². The van der Waals surface area contributed by atoms with Crippen LogP contribution in [0.3, 0.4) is 0 Å². The molecule has 3 aromatic rings. The van der Waals surface area contributed by atoms with Crippen LogP contribution in [0, 0.1) is 0 Å². The molecule has 0 saturated heterocycles. The zero-order chi connectivity index (χ0) is 21.6. The first kappa shape index (κ1) is 22.5. The summed E-state index contributed by atoms with van der Waals surface area (Å²) in [6.45, 7) is 2.44. The van der Waals surface area contributed by atoms with E-state index < -0.39 is 22.0 Å². The van der Waals surface area contributed by atoms with Crippen molar-refractivity contribution in [1.82, 2.24) is 13.5 Å². The summed E-state index contributed by atoms with van der Waals surface area (Å²) in [5, 5.41) is 2.77. The lowest BCUT2D eigenvalue weighted by atomic mass is 10.2. The fraction of sp³-hybridized carbons (Fsp3) is 0.316. The molecule has 1 aromatic heterocycles. The Labute approximate surface area is 183 Å². The van der Waals surface area contributed by atoms with E-state index in [0.717, 1.165) is 11.7 Å². The van der Waals surface area contributed by atoms with Gasteiger partial charge in [-0.25, -0.2) is 8.42 Å². The molecule has 1 amide bonds. The number of amides is 1. The second kappa shape index (κ2) is 10.2. The molecule has 0 radical (unpaired) electrons. The van der Waals surface area contributed by atoms with E-state index >= 15 is 0 Å². The van der Waals surface area contributed by atoms with E-state index in [9.17, 15) is 13.2 Å². The predicted octanol–water partition coefficient (Wildman–Crippen LogP) is 3.13. The Morgan fingerprint density at radius 3 is 2.67 bits per heavy atom. The van der Waals surface area contributed by atoms with Crippen molar-refractivity contribution in [3.8, 4) is 5.75 Å². The van der Waals surface area contributed by atoms with Crippen molar-refractivity contribution < 1.29 is 17.9 Å². The maximum absolute atomic E-state index is 13.0. The number of hydrogen-bond donors (Lipinski definition) is 2. The van der Waals surface area contributed by atoms with Crippen molar-refractivity contribution in [3.05, 3.63) is 42.5 Å². The van der Waals surface area contributed by atoms with E-state index in [4.69, 9.17) is 4.74 Å². The minimum atomic E-state index is -3.97. The molecule has 1 heterocycles. The lowest BCUT2D eigenvalue weighted by Gasteiger charge is -2.18. The van der Waals surface area contributed by atoms with Crippen LogP contribution in [0.2, 0.25) is 0 Å². The SMILES string of the molecule is CCOc1ccc(NC(=O)[C@@H](CCSC)NS(=O)(=O)c2cccc3nsnc23)cc1. The summed E-state index contributed by atoms with van der Waals surface area (Å²) in [6, 6.07) is 10.7. The third-order valence-electron chi connectivity index (χ3n) is 4.20. The largest absolute Gasteiger partial charge is 0.494 e. The number of hydrogen-bond acceptors (Lipinski definition) is 8. The van der Waals surface area contributed by atoms with Crippen LogP contribution in [-0.4, -0.2) is 47.7 Å². The Kier molecular flexibility index (Phi) is 7.64. The molecule has 0 spiro atoms. The van der Waals surface area contributed by atoms with Gasteiger partial charge in [0.25, 0.3) is 0 Å². The summed E-state index contributed by atoms with van der Waals surface area (Å²) >= 11 is 2.48. The van der Waals surface area contributed by atoms with Crippen LogP contribution in [0.1, 0.15) is 13.3 Å². The summed E-state index contributed by atoms with van der Waals surface area (Å²) < 4.78 is 42.1. The summed E-state index contributed by atoms with van der Waals surface area (Å²) in [4.78, 5) is 12.9. The number of anilines is 1. The van der Waals surface area contributed by atoms with Gasteiger partial charge in [0.15, 0.2) is 0 Å². The quantitative estimate of drug-likeness (QED) is 0.472. The van der Waals surface area contributed by atoms with Gasteiger partial charge in [0.1, 0.15) is 27.7 Å². The van der Waals surface area contributed by atoms with Crippen LogP contribution in [-0.2, 0) is 14.8 Å². The molecule has 0 aliphatic heterocycles. The first-order valence-corrected chi connectivity index (χ1v) is 12.8. The van der Waals surface area contributed by atoms with Gasteiger partial charge in [0, 0.05) is 5.69 Å². The molecule has 0 aliphatic carbocycles. The maximum atomic E-state index is 13.0. The Morgan fingerprint density at radius 2 is 1.97 bits per heavy atom. The van der Waals surface area contributed by atoms with Gasteiger partial charge in [-0.2, -0.15) is 25.2 Å².